The highest BCUT2D eigenvalue weighted by Gasteiger charge is 2.07. The first-order chi connectivity index (χ1) is 8.02. The molecule has 1 rings (SSSR count). The normalized spacial score (nSPS) is 12.8. The lowest BCUT2D eigenvalue weighted by Gasteiger charge is -2.18. The minimum atomic E-state index is 0.228. The Morgan fingerprint density at radius 1 is 1.47 bits per heavy atom. The van der Waals surface area contributed by atoms with E-state index >= 15 is 0 Å². The third-order valence-electron chi connectivity index (χ3n) is 2.60. The SMILES string of the molecule is COc1ccc(Br)c(CN(C)CCC(C)Cl)c1. The van der Waals surface area contributed by atoms with Crippen LogP contribution in [0.4, 0.5) is 0 Å². The summed E-state index contributed by atoms with van der Waals surface area (Å²) in [5.41, 5.74) is 1.23. The zero-order chi connectivity index (χ0) is 12.8. The number of hydrogen-bond donors (Lipinski definition) is 0. The Labute approximate surface area is 117 Å². The van der Waals surface area contributed by atoms with Crippen LogP contribution in [-0.2, 0) is 6.54 Å². The summed E-state index contributed by atoms with van der Waals surface area (Å²) in [6, 6.07) is 6.03. The van der Waals surface area contributed by atoms with Gasteiger partial charge in [0.25, 0.3) is 0 Å². The molecule has 0 N–H and O–H groups in total. The van der Waals surface area contributed by atoms with Gasteiger partial charge in [0.05, 0.1) is 7.11 Å². The predicted octanol–water partition coefficient (Wildman–Crippen LogP) is 3.91. The molecule has 96 valence electrons. The van der Waals surface area contributed by atoms with E-state index in [0.717, 1.165) is 29.7 Å². The van der Waals surface area contributed by atoms with Gasteiger partial charge in [0.1, 0.15) is 5.75 Å². The summed E-state index contributed by atoms with van der Waals surface area (Å²) < 4.78 is 6.34. The molecule has 1 unspecified atom stereocenters. The van der Waals surface area contributed by atoms with Crippen molar-refractivity contribution in [2.75, 3.05) is 20.7 Å². The quantitative estimate of drug-likeness (QED) is 0.737. The zero-order valence-corrected chi connectivity index (χ0v) is 12.9. The average Bonchev–Trinajstić information content (AvgIpc) is 2.29. The summed E-state index contributed by atoms with van der Waals surface area (Å²) in [4.78, 5) is 2.26. The van der Waals surface area contributed by atoms with E-state index in [1.54, 1.807) is 7.11 Å². The molecule has 0 saturated carbocycles. The Bertz CT molecular complexity index is 357. The molecule has 0 aliphatic carbocycles. The van der Waals surface area contributed by atoms with Crippen LogP contribution in [0.2, 0.25) is 0 Å². The van der Waals surface area contributed by atoms with Crippen molar-refractivity contribution in [1.29, 1.82) is 0 Å². The predicted molar refractivity (Wildman–Crippen MR) is 77.0 cm³/mol. The highest BCUT2D eigenvalue weighted by atomic mass is 79.9. The molecule has 0 spiro atoms. The monoisotopic (exact) mass is 319 g/mol. The molecule has 4 heteroatoms. The average molecular weight is 321 g/mol. The summed E-state index contributed by atoms with van der Waals surface area (Å²) in [6.45, 7) is 3.91. The van der Waals surface area contributed by atoms with Gasteiger partial charge in [0.15, 0.2) is 0 Å². The number of benzene rings is 1. The standard InChI is InChI=1S/C13H19BrClNO/c1-10(15)6-7-16(2)9-11-8-12(17-3)4-5-13(11)14/h4-5,8,10H,6-7,9H2,1-3H3. The first-order valence-corrected chi connectivity index (χ1v) is 6.91. The van der Waals surface area contributed by atoms with Crippen molar-refractivity contribution in [3.05, 3.63) is 28.2 Å². The van der Waals surface area contributed by atoms with E-state index in [1.165, 1.54) is 5.56 Å². The Balaban J connectivity index is 2.60. The molecule has 17 heavy (non-hydrogen) atoms. The molecule has 0 aliphatic heterocycles. The van der Waals surface area contributed by atoms with Crippen LogP contribution >= 0.6 is 27.5 Å². The third-order valence-corrected chi connectivity index (χ3v) is 3.59. The molecule has 0 amide bonds. The minimum Gasteiger partial charge on any atom is -0.497 e. The van der Waals surface area contributed by atoms with Crippen LogP contribution in [-0.4, -0.2) is 31.0 Å². The first-order valence-electron chi connectivity index (χ1n) is 5.68. The number of hydrogen-bond acceptors (Lipinski definition) is 2. The summed E-state index contributed by atoms with van der Waals surface area (Å²) in [5.74, 6) is 0.891. The fraction of sp³-hybridized carbons (Fsp3) is 0.538. The fourth-order valence-corrected chi connectivity index (χ4v) is 2.04. The maximum atomic E-state index is 5.95. The molecule has 1 atom stereocenters. The van der Waals surface area contributed by atoms with E-state index in [-0.39, 0.29) is 5.38 Å². The maximum absolute atomic E-state index is 5.95. The van der Waals surface area contributed by atoms with Crippen LogP contribution in [0.15, 0.2) is 22.7 Å². The fourth-order valence-electron chi connectivity index (χ4n) is 1.57. The van der Waals surface area contributed by atoms with Crippen molar-refractivity contribution in [1.82, 2.24) is 4.90 Å². The summed E-state index contributed by atoms with van der Waals surface area (Å²) in [5, 5.41) is 0.228. The van der Waals surface area contributed by atoms with Gasteiger partial charge in [-0.15, -0.1) is 11.6 Å². The summed E-state index contributed by atoms with van der Waals surface area (Å²) in [6.07, 6.45) is 1.000. The molecule has 1 aromatic rings. The molecule has 1 aromatic carbocycles. The molecule has 0 aromatic heterocycles. The van der Waals surface area contributed by atoms with Crippen LogP contribution in [0.5, 0.6) is 5.75 Å². The Kier molecular flexibility index (Phi) is 6.31. The highest BCUT2D eigenvalue weighted by molar-refractivity contribution is 9.10. The van der Waals surface area contributed by atoms with Gasteiger partial charge in [-0.05, 0) is 50.7 Å². The number of rotatable bonds is 6. The van der Waals surface area contributed by atoms with Crippen LogP contribution in [0.3, 0.4) is 0 Å². The van der Waals surface area contributed by atoms with Gasteiger partial charge in [0, 0.05) is 16.4 Å². The Hall–Kier alpha value is -0.250. The van der Waals surface area contributed by atoms with Gasteiger partial charge in [-0.25, -0.2) is 0 Å². The topological polar surface area (TPSA) is 12.5 Å². The maximum Gasteiger partial charge on any atom is 0.119 e. The second-order valence-corrected chi connectivity index (χ2v) is 5.86. The molecular weight excluding hydrogens is 302 g/mol. The minimum absolute atomic E-state index is 0.228. The number of ether oxygens (including phenoxy) is 1. The van der Waals surface area contributed by atoms with Crippen molar-refractivity contribution in [3.8, 4) is 5.75 Å². The van der Waals surface area contributed by atoms with Crippen LogP contribution < -0.4 is 4.74 Å². The lowest BCUT2D eigenvalue weighted by atomic mass is 10.2. The van der Waals surface area contributed by atoms with Crippen LogP contribution in [0.1, 0.15) is 18.9 Å². The smallest absolute Gasteiger partial charge is 0.119 e. The first kappa shape index (κ1) is 14.8. The summed E-state index contributed by atoms with van der Waals surface area (Å²) in [7, 11) is 3.79. The largest absolute Gasteiger partial charge is 0.497 e. The van der Waals surface area contributed by atoms with Crippen molar-refractivity contribution in [2.45, 2.75) is 25.3 Å². The van der Waals surface area contributed by atoms with E-state index in [2.05, 4.69) is 33.9 Å². The Morgan fingerprint density at radius 3 is 2.76 bits per heavy atom. The third kappa shape index (κ3) is 5.28. The van der Waals surface area contributed by atoms with E-state index in [1.807, 2.05) is 19.1 Å². The van der Waals surface area contributed by atoms with Gasteiger partial charge >= 0.3 is 0 Å². The van der Waals surface area contributed by atoms with Crippen molar-refractivity contribution >= 4 is 27.5 Å². The molecule has 0 bridgehead atoms. The second kappa shape index (κ2) is 7.24. The molecule has 0 fully saturated rings. The van der Waals surface area contributed by atoms with Gasteiger partial charge < -0.3 is 9.64 Å². The van der Waals surface area contributed by atoms with Crippen LogP contribution in [0.25, 0.3) is 0 Å². The molecule has 0 heterocycles. The molecule has 0 radical (unpaired) electrons. The van der Waals surface area contributed by atoms with Gasteiger partial charge in [-0.1, -0.05) is 15.9 Å². The number of alkyl halides is 1. The lowest BCUT2D eigenvalue weighted by Crippen LogP contribution is -2.21. The number of methoxy groups -OCH3 is 1. The number of nitrogens with zero attached hydrogens (tertiary/aromatic N) is 1. The second-order valence-electron chi connectivity index (χ2n) is 4.26. The van der Waals surface area contributed by atoms with E-state index in [9.17, 15) is 0 Å². The van der Waals surface area contributed by atoms with Crippen molar-refractivity contribution in [3.63, 3.8) is 0 Å². The van der Waals surface area contributed by atoms with Crippen LogP contribution in [0, 0.1) is 0 Å². The molecular formula is C13H19BrClNO. The lowest BCUT2D eigenvalue weighted by molar-refractivity contribution is 0.320. The molecule has 2 nitrogen and oxygen atoms in total. The van der Waals surface area contributed by atoms with E-state index < -0.39 is 0 Å². The van der Waals surface area contributed by atoms with Crippen molar-refractivity contribution in [2.24, 2.45) is 0 Å². The highest BCUT2D eigenvalue weighted by Crippen LogP contribution is 2.23. The molecule has 0 aliphatic rings. The van der Waals surface area contributed by atoms with Gasteiger partial charge in [-0.2, -0.15) is 0 Å². The van der Waals surface area contributed by atoms with E-state index in [4.69, 9.17) is 16.3 Å². The van der Waals surface area contributed by atoms with Gasteiger partial charge in [0.2, 0.25) is 0 Å². The zero-order valence-electron chi connectivity index (χ0n) is 10.5. The summed E-state index contributed by atoms with van der Waals surface area (Å²) >= 11 is 9.51. The molecule has 0 saturated heterocycles. The van der Waals surface area contributed by atoms with Crippen molar-refractivity contribution < 1.29 is 4.74 Å². The van der Waals surface area contributed by atoms with E-state index in [0.29, 0.717) is 0 Å². The van der Waals surface area contributed by atoms with Gasteiger partial charge in [-0.3, -0.25) is 0 Å². The number of halogens is 2. The Morgan fingerprint density at radius 2 is 2.18 bits per heavy atom.